The number of methoxy groups -OCH3 is 1. The van der Waals surface area contributed by atoms with E-state index < -0.39 is 12.0 Å². The Bertz CT molecular complexity index is 1860. The number of hydrogen-bond donors (Lipinski definition) is 0. The van der Waals surface area contributed by atoms with E-state index in [0.717, 1.165) is 20.3 Å². The Hall–Kier alpha value is -3.70. The van der Waals surface area contributed by atoms with Crippen LogP contribution in [0.25, 0.3) is 6.08 Å². The van der Waals surface area contributed by atoms with Gasteiger partial charge in [0.05, 0.1) is 39.1 Å². The van der Waals surface area contributed by atoms with E-state index in [1.54, 1.807) is 25.5 Å². The largest absolute Gasteiger partial charge is 0.493 e. The molecule has 0 saturated heterocycles. The van der Waals surface area contributed by atoms with Gasteiger partial charge in [0.25, 0.3) is 5.56 Å². The van der Waals surface area contributed by atoms with Crippen LogP contribution in [0.3, 0.4) is 0 Å². The quantitative estimate of drug-likeness (QED) is 0.155. The summed E-state index contributed by atoms with van der Waals surface area (Å²) in [5.74, 6) is 1.10. The first-order valence-electron chi connectivity index (χ1n) is 14.1. The molecule has 0 bridgehead atoms. The second-order valence-electron chi connectivity index (χ2n) is 10.4. The molecule has 0 spiro atoms. The van der Waals surface area contributed by atoms with Gasteiger partial charge in [0.15, 0.2) is 16.3 Å². The van der Waals surface area contributed by atoms with E-state index in [2.05, 4.69) is 41.4 Å². The normalized spacial score (nSPS) is 14.9. The molecule has 1 aliphatic rings. The molecule has 1 aromatic heterocycles. The number of carbonyl (C=O) groups is 1. The highest BCUT2D eigenvalue weighted by molar-refractivity contribution is 14.1. The zero-order chi connectivity index (χ0) is 30.7. The topological polar surface area (TPSA) is 79.1 Å². The van der Waals surface area contributed by atoms with Gasteiger partial charge in [-0.2, -0.15) is 0 Å². The second-order valence-corrected chi connectivity index (χ2v) is 12.6. The van der Waals surface area contributed by atoms with Crippen molar-refractivity contribution in [3.63, 3.8) is 0 Å². The molecule has 9 heteroatoms. The summed E-state index contributed by atoms with van der Waals surface area (Å²) in [5, 5.41) is 0. The van der Waals surface area contributed by atoms with Crippen LogP contribution < -0.4 is 24.4 Å². The lowest BCUT2D eigenvalue weighted by atomic mass is 9.93. The van der Waals surface area contributed by atoms with Crippen LogP contribution in [0.2, 0.25) is 0 Å². The number of allylic oxidation sites excluding steroid dienone is 1. The van der Waals surface area contributed by atoms with Crippen LogP contribution in [0.4, 0.5) is 0 Å². The van der Waals surface area contributed by atoms with Crippen molar-refractivity contribution in [3.8, 4) is 11.5 Å². The number of aromatic nitrogens is 1. The minimum absolute atomic E-state index is 0.227. The van der Waals surface area contributed by atoms with Gasteiger partial charge in [-0.05, 0) is 82.8 Å². The standard InChI is InChI=1S/C34H33IN2O5S/c1-6-41-33(39)29-21(4)36-34-37(30(29)25-14-12-24(13-15-25)20(2)3)32(38)28(43-34)18-23-16-26(35)31(27(17-23)40-5)42-19-22-10-8-7-9-11-22/h7-18,20,30H,6,19H2,1-5H3/b28-18-. The molecule has 0 aliphatic carbocycles. The average Bonchev–Trinajstić information content (AvgIpc) is 3.29. The molecular weight excluding hydrogens is 675 g/mol. The molecule has 1 unspecified atom stereocenters. The monoisotopic (exact) mass is 708 g/mol. The molecule has 3 aromatic carbocycles. The van der Waals surface area contributed by atoms with Crippen LogP contribution in [0, 0.1) is 3.57 Å². The molecule has 0 amide bonds. The summed E-state index contributed by atoms with van der Waals surface area (Å²) in [4.78, 5) is 32.4. The van der Waals surface area contributed by atoms with E-state index in [-0.39, 0.29) is 12.2 Å². The van der Waals surface area contributed by atoms with E-state index in [1.165, 1.54) is 16.9 Å². The van der Waals surface area contributed by atoms with Gasteiger partial charge in [0, 0.05) is 0 Å². The maximum atomic E-state index is 14.0. The second kappa shape index (κ2) is 13.3. The molecule has 43 heavy (non-hydrogen) atoms. The zero-order valence-corrected chi connectivity index (χ0v) is 27.7. The number of thiazole rings is 1. The molecule has 1 aliphatic heterocycles. The Morgan fingerprint density at radius 2 is 1.84 bits per heavy atom. The average molecular weight is 709 g/mol. The first-order chi connectivity index (χ1) is 20.7. The third-order valence-corrected chi connectivity index (χ3v) is 9.00. The summed E-state index contributed by atoms with van der Waals surface area (Å²) < 4.78 is 20.2. The van der Waals surface area contributed by atoms with Gasteiger partial charge < -0.3 is 14.2 Å². The molecule has 0 radical (unpaired) electrons. The highest BCUT2D eigenvalue weighted by Crippen LogP contribution is 2.35. The summed E-state index contributed by atoms with van der Waals surface area (Å²) in [6, 6.07) is 21.2. The summed E-state index contributed by atoms with van der Waals surface area (Å²) in [6.07, 6.45) is 1.83. The molecule has 7 nitrogen and oxygen atoms in total. The van der Waals surface area contributed by atoms with Crippen molar-refractivity contribution in [2.45, 2.75) is 46.3 Å². The molecular formula is C34H33IN2O5S. The summed E-state index contributed by atoms with van der Waals surface area (Å²) in [5.41, 5.74) is 4.53. The number of rotatable bonds is 9. The maximum Gasteiger partial charge on any atom is 0.338 e. The molecule has 1 atom stereocenters. The molecule has 222 valence electrons. The van der Waals surface area contributed by atoms with Gasteiger partial charge in [0.2, 0.25) is 0 Å². The van der Waals surface area contributed by atoms with Crippen molar-refractivity contribution >= 4 is 46.0 Å². The predicted molar refractivity (Wildman–Crippen MR) is 177 cm³/mol. The minimum Gasteiger partial charge on any atom is -0.493 e. The summed E-state index contributed by atoms with van der Waals surface area (Å²) in [6.45, 7) is 8.45. The van der Waals surface area contributed by atoms with Gasteiger partial charge in [-0.25, -0.2) is 9.79 Å². The van der Waals surface area contributed by atoms with E-state index >= 15 is 0 Å². The Morgan fingerprint density at radius 1 is 1.12 bits per heavy atom. The van der Waals surface area contributed by atoms with Gasteiger partial charge in [-0.3, -0.25) is 9.36 Å². The summed E-state index contributed by atoms with van der Waals surface area (Å²) >= 11 is 3.52. The highest BCUT2D eigenvalue weighted by Gasteiger charge is 2.33. The first-order valence-corrected chi connectivity index (χ1v) is 15.9. The molecule has 0 N–H and O–H groups in total. The van der Waals surface area contributed by atoms with Crippen molar-refractivity contribution in [2.75, 3.05) is 13.7 Å². The van der Waals surface area contributed by atoms with Crippen molar-refractivity contribution in [2.24, 2.45) is 4.99 Å². The SMILES string of the molecule is CCOC(=O)C1=C(C)N=c2s/c(=C\c3cc(I)c(OCc4ccccc4)c(OC)c3)c(=O)n2C1c1ccc(C(C)C)cc1. The number of hydrogen-bond acceptors (Lipinski definition) is 7. The Labute approximate surface area is 268 Å². The summed E-state index contributed by atoms with van der Waals surface area (Å²) in [7, 11) is 1.60. The van der Waals surface area contributed by atoms with Gasteiger partial charge >= 0.3 is 5.97 Å². The fraction of sp³-hybridized carbons (Fsp3) is 0.265. The van der Waals surface area contributed by atoms with E-state index in [0.29, 0.717) is 44.6 Å². The number of halogens is 1. The smallest absolute Gasteiger partial charge is 0.338 e. The lowest BCUT2D eigenvalue weighted by Gasteiger charge is -2.25. The number of esters is 1. The van der Waals surface area contributed by atoms with Crippen LogP contribution >= 0.6 is 33.9 Å². The zero-order valence-electron chi connectivity index (χ0n) is 24.7. The van der Waals surface area contributed by atoms with Crippen LogP contribution in [-0.2, 0) is 16.1 Å². The lowest BCUT2D eigenvalue weighted by molar-refractivity contribution is -0.139. The molecule has 5 rings (SSSR count). The van der Waals surface area contributed by atoms with Crippen LogP contribution in [-0.4, -0.2) is 24.3 Å². The van der Waals surface area contributed by atoms with Gasteiger partial charge in [0.1, 0.15) is 6.61 Å². The minimum atomic E-state index is -0.651. The number of fused-ring (bicyclic) bond motifs is 1. The van der Waals surface area contributed by atoms with E-state index in [4.69, 9.17) is 14.2 Å². The first kappa shape index (κ1) is 30.7. The Kier molecular flexibility index (Phi) is 9.51. The van der Waals surface area contributed by atoms with Crippen molar-refractivity contribution in [3.05, 3.63) is 124 Å². The fourth-order valence-corrected chi connectivity index (χ4v) is 6.84. The van der Waals surface area contributed by atoms with Gasteiger partial charge in [-0.15, -0.1) is 0 Å². The molecule has 0 fully saturated rings. The Balaban J connectivity index is 1.58. The van der Waals surface area contributed by atoms with Gasteiger partial charge in [-0.1, -0.05) is 79.8 Å². The van der Waals surface area contributed by atoms with E-state index in [1.807, 2.05) is 72.8 Å². The highest BCUT2D eigenvalue weighted by atomic mass is 127. The maximum absolute atomic E-state index is 14.0. The Morgan fingerprint density at radius 3 is 2.49 bits per heavy atom. The predicted octanol–water partition coefficient (Wildman–Crippen LogP) is 6.11. The molecule has 0 saturated carbocycles. The van der Waals surface area contributed by atoms with Crippen LogP contribution in [0.5, 0.6) is 11.5 Å². The number of carbonyl (C=O) groups excluding carboxylic acids is 1. The third-order valence-electron chi connectivity index (χ3n) is 7.21. The van der Waals surface area contributed by atoms with Crippen LogP contribution in [0.1, 0.15) is 61.9 Å². The van der Waals surface area contributed by atoms with Crippen LogP contribution in [0.15, 0.2) is 87.8 Å². The fourth-order valence-electron chi connectivity index (χ4n) is 5.01. The molecule has 4 aromatic rings. The number of benzene rings is 3. The van der Waals surface area contributed by atoms with Crippen molar-refractivity contribution < 1.29 is 19.0 Å². The number of ether oxygens (including phenoxy) is 3. The third kappa shape index (κ3) is 6.47. The number of nitrogens with zero attached hydrogens (tertiary/aromatic N) is 2. The van der Waals surface area contributed by atoms with Crippen molar-refractivity contribution in [1.82, 2.24) is 4.57 Å². The lowest BCUT2D eigenvalue weighted by Crippen LogP contribution is -2.39. The molecule has 2 heterocycles. The van der Waals surface area contributed by atoms with E-state index in [9.17, 15) is 9.59 Å². The van der Waals surface area contributed by atoms with Crippen molar-refractivity contribution in [1.29, 1.82) is 0 Å².